The Morgan fingerprint density at radius 1 is 0.867 bits per heavy atom. The molecule has 0 fully saturated rings. The number of aryl methyl sites for hydroxylation is 1. The normalized spacial score (nSPS) is 11.6. The highest BCUT2D eigenvalue weighted by Crippen LogP contribution is 2.15. The number of benzene rings is 1. The maximum Gasteiger partial charge on any atom is 0.119 e. The summed E-state index contributed by atoms with van der Waals surface area (Å²) < 4.78 is 5.90. The van der Waals surface area contributed by atoms with Gasteiger partial charge in [0.1, 0.15) is 5.75 Å². The molecule has 5 heteroatoms. The standard InChI is InChI=1S/C25H46N2O.2ClH/c1-5-6-7-8-9-10-11-12-22-28-25-18-16-24(17-19-25)15-14-23(2)26-20-13-21-27(3)4;;/h16-19,23,26H,5-15,20-22H2,1-4H3;2*1H. The average molecular weight is 464 g/mol. The third kappa shape index (κ3) is 18.3. The van der Waals surface area contributed by atoms with E-state index < -0.39 is 0 Å². The minimum atomic E-state index is 0. The van der Waals surface area contributed by atoms with Gasteiger partial charge in [-0.15, -0.1) is 24.8 Å². The van der Waals surface area contributed by atoms with E-state index >= 15 is 0 Å². The van der Waals surface area contributed by atoms with Crippen molar-refractivity contribution < 1.29 is 4.74 Å². The molecule has 1 aromatic rings. The number of halogens is 2. The summed E-state index contributed by atoms with van der Waals surface area (Å²) >= 11 is 0. The largest absolute Gasteiger partial charge is 0.494 e. The minimum absolute atomic E-state index is 0. The van der Waals surface area contributed by atoms with Crippen LogP contribution in [0.15, 0.2) is 24.3 Å². The number of nitrogens with one attached hydrogen (secondary N) is 1. The van der Waals surface area contributed by atoms with E-state index in [-0.39, 0.29) is 24.8 Å². The molecule has 0 amide bonds. The molecule has 0 spiro atoms. The Bertz CT molecular complexity index is 469. The summed E-state index contributed by atoms with van der Waals surface area (Å²) in [5.41, 5.74) is 1.40. The number of ether oxygens (including phenoxy) is 1. The van der Waals surface area contributed by atoms with Crippen LogP contribution in [0, 0.1) is 0 Å². The quantitative estimate of drug-likeness (QED) is 0.239. The fourth-order valence-corrected chi connectivity index (χ4v) is 3.41. The molecule has 0 aliphatic rings. The number of nitrogens with zero attached hydrogens (tertiary/aromatic N) is 1. The van der Waals surface area contributed by atoms with E-state index in [2.05, 4.69) is 62.4 Å². The number of unbranched alkanes of at least 4 members (excludes halogenated alkanes) is 7. The molecule has 1 rings (SSSR count). The van der Waals surface area contributed by atoms with Crippen LogP contribution in [0.25, 0.3) is 0 Å². The second-order valence-corrected chi connectivity index (χ2v) is 8.52. The molecule has 178 valence electrons. The van der Waals surface area contributed by atoms with Gasteiger partial charge in [0.2, 0.25) is 0 Å². The van der Waals surface area contributed by atoms with E-state index in [1.54, 1.807) is 0 Å². The van der Waals surface area contributed by atoms with Crippen LogP contribution in [-0.2, 0) is 6.42 Å². The topological polar surface area (TPSA) is 24.5 Å². The molecule has 0 saturated carbocycles. The van der Waals surface area contributed by atoms with E-state index in [1.807, 2.05) is 0 Å². The molecular weight excluding hydrogens is 415 g/mol. The molecule has 0 bridgehead atoms. The molecular formula is C25H48Cl2N2O. The molecule has 0 radical (unpaired) electrons. The van der Waals surface area contributed by atoms with Gasteiger partial charge < -0.3 is 15.0 Å². The molecule has 0 aliphatic heterocycles. The third-order valence-corrected chi connectivity index (χ3v) is 5.33. The van der Waals surface area contributed by atoms with Crippen molar-refractivity contribution in [2.45, 2.75) is 90.5 Å². The summed E-state index contributed by atoms with van der Waals surface area (Å²) in [7, 11) is 4.26. The summed E-state index contributed by atoms with van der Waals surface area (Å²) in [5.74, 6) is 1.02. The number of rotatable bonds is 18. The lowest BCUT2D eigenvalue weighted by molar-refractivity contribution is 0.304. The second kappa shape index (κ2) is 21.7. The first kappa shape index (κ1) is 31.7. The third-order valence-electron chi connectivity index (χ3n) is 5.33. The zero-order valence-corrected chi connectivity index (χ0v) is 21.6. The Morgan fingerprint density at radius 2 is 1.47 bits per heavy atom. The second-order valence-electron chi connectivity index (χ2n) is 8.52. The van der Waals surface area contributed by atoms with Crippen molar-refractivity contribution >= 4 is 24.8 Å². The van der Waals surface area contributed by atoms with Gasteiger partial charge in [0.25, 0.3) is 0 Å². The van der Waals surface area contributed by atoms with Crippen molar-refractivity contribution in [3.05, 3.63) is 29.8 Å². The van der Waals surface area contributed by atoms with E-state index in [0.717, 1.165) is 31.9 Å². The van der Waals surface area contributed by atoms with Gasteiger partial charge in [-0.1, -0.05) is 64.0 Å². The van der Waals surface area contributed by atoms with Gasteiger partial charge in [-0.3, -0.25) is 0 Å². The Morgan fingerprint density at radius 3 is 2.07 bits per heavy atom. The van der Waals surface area contributed by atoms with Crippen LogP contribution in [-0.4, -0.2) is 44.7 Å². The van der Waals surface area contributed by atoms with Crippen LogP contribution < -0.4 is 10.1 Å². The molecule has 1 unspecified atom stereocenters. The average Bonchev–Trinajstić information content (AvgIpc) is 2.69. The smallest absolute Gasteiger partial charge is 0.119 e. The van der Waals surface area contributed by atoms with Crippen molar-refractivity contribution in [1.82, 2.24) is 10.2 Å². The molecule has 1 aromatic carbocycles. The highest BCUT2D eigenvalue weighted by Gasteiger charge is 2.03. The predicted octanol–water partition coefficient (Wildman–Crippen LogP) is 6.91. The van der Waals surface area contributed by atoms with Gasteiger partial charge in [0.05, 0.1) is 6.61 Å². The lowest BCUT2D eigenvalue weighted by atomic mass is 10.1. The first-order valence-corrected chi connectivity index (χ1v) is 11.7. The van der Waals surface area contributed by atoms with Gasteiger partial charge in [-0.25, -0.2) is 0 Å². The van der Waals surface area contributed by atoms with E-state index in [1.165, 1.54) is 69.8 Å². The highest BCUT2D eigenvalue weighted by atomic mass is 35.5. The first-order chi connectivity index (χ1) is 13.6. The molecule has 30 heavy (non-hydrogen) atoms. The van der Waals surface area contributed by atoms with E-state index in [9.17, 15) is 0 Å². The Balaban J connectivity index is 0. The zero-order chi connectivity index (χ0) is 20.5. The van der Waals surface area contributed by atoms with E-state index in [0.29, 0.717) is 6.04 Å². The van der Waals surface area contributed by atoms with Crippen LogP contribution in [0.2, 0.25) is 0 Å². The Hall–Kier alpha value is -0.480. The van der Waals surface area contributed by atoms with Crippen molar-refractivity contribution in [3.63, 3.8) is 0 Å². The summed E-state index contributed by atoms with van der Waals surface area (Å²) in [4.78, 5) is 2.24. The van der Waals surface area contributed by atoms with E-state index in [4.69, 9.17) is 4.74 Å². The molecule has 0 saturated heterocycles. The lowest BCUT2D eigenvalue weighted by Crippen LogP contribution is -2.29. The fourth-order valence-electron chi connectivity index (χ4n) is 3.41. The maximum absolute atomic E-state index is 5.90. The fraction of sp³-hybridized carbons (Fsp3) is 0.760. The minimum Gasteiger partial charge on any atom is -0.494 e. The monoisotopic (exact) mass is 462 g/mol. The molecule has 0 aliphatic carbocycles. The van der Waals surface area contributed by atoms with Crippen molar-refractivity contribution in [1.29, 1.82) is 0 Å². The predicted molar refractivity (Wildman–Crippen MR) is 138 cm³/mol. The molecule has 0 aromatic heterocycles. The van der Waals surface area contributed by atoms with Crippen molar-refractivity contribution in [3.8, 4) is 5.75 Å². The van der Waals surface area contributed by atoms with Crippen molar-refractivity contribution in [2.24, 2.45) is 0 Å². The number of hydrogen-bond acceptors (Lipinski definition) is 3. The van der Waals surface area contributed by atoms with Gasteiger partial charge >= 0.3 is 0 Å². The first-order valence-electron chi connectivity index (χ1n) is 11.7. The summed E-state index contributed by atoms with van der Waals surface area (Å²) in [6.07, 6.45) is 14.3. The number of hydrogen-bond donors (Lipinski definition) is 1. The summed E-state index contributed by atoms with van der Waals surface area (Å²) in [5, 5.41) is 3.63. The van der Waals surface area contributed by atoms with Gasteiger partial charge in [0.15, 0.2) is 0 Å². The summed E-state index contributed by atoms with van der Waals surface area (Å²) in [6.45, 7) is 7.67. The van der Waals surface area contributed by atoms with Gasteiger partial charge in [-0.05, 0) is 77.5 Å². The molecule has 3 nitrogen and oxygen atoms in total. The SMILES string of the molecule is CCCCCCCCCCOc1ccc(CCC(C)NCCCN(C)C)cc1.Cl.Cl. The van der Waals surface area contributed by atoms with Crippen LogP contribution in [0.4, 0.5) is 0 Å². The zero-order valence-electron chi connectivity index (χ0n) is 20.0. The van der Waals surface area contributed by atoms with Gasteiger partial charge in [-0.2, -0.15) is 0 Å². The summed E-state index contributed by atoms with van der Waals surface area (Å²) in [6, 6.07) is 9.29. The van der Waals surface area contributed by atoms with Crippen molar-refractivity contribution in [2.75, 3.05) is 33.8 Å². The lowest BCUT2D eigenvalue weighted by Gasteiger charge is -2.15. The Kier molecular flexibility index (Phi) is 23.0. The molecule has 1 N–H and O–H groups in total. The maximum atomic E-state index is 5.90. The van der Waals surface area contributed by atoms with Crippen LogP contribution in [0.1, 0.15) is 83.6 Å². The van der Waals surface area contributed by atoms with Crippen LogP contribution >= 0.6 is 24.8 Å². The molecule has 0 heterocycles. The Labute approximate surface area is 199 Å². The molecule has 1 atom stereocenters. The van der Waals surface area contributed by atoms with Crippen LogP contribution in [0.3, 0.4) is 0 Å². The highest BCUT2D eigenvalue weighted by molar-refractivity contribution is 5.85. The van der Waals surface area contributed by atoms with Crippen LogP contribution in [0.5, 0.6) is 5.75 Å². The van der Waals surface area contributed by atoms with Gasteiger partial charge in [0, 0.05) is 6.04 Å².